The zero-order valence-corrected chi connectivity index (χ0v) is 15.6. The van der Waals surface area contributed by atoms with Gasteiger partial charge in [-0.2, -0.15) is 0 Å². The third-order valence-electron chi connectivity index (χ3n) is 4.59. The van der Waals surface area contributed by atoms with Gasteiger partial charge in [0.25, 0.3) is 0 Å². The second kappa shape index (κ2) is 6.91. The van der Waals surface area contributed by atoms with E-state index in [4.69, 9.17) is 4.42 Å². The highest BCUT2D eigenvalue weighted by molar-refractivity contribution is 7.21. The molecule has 0 aliphatic rings. The molecule has 0 amide bonds. The zero-order chi connectivity index (χ0) is 18.9. The molecule has 0 bridgehead atoms. The van der Waals surface area contributed by atoms with E-state index in [-0.39, 0.29) is 5.78 Å². The number of ketones is 1. The minimum Gasteiger partial charge on any atom is -0.454 e. The SMILES string of the molecule is O=C(C=Cc1ccc(-c2nc3ccccc3s2)o1)c1cccc2ccccc12. The van der Waals surface area contributed by atoms with E-state index in [1.807, 2.05) is 78.9 Å². The van der Waals surface area contributed by atoms with Crippen molar-refractivity contribution in [3.63, 3.8) is 0 Å². The maximum absolute atomic E-state index is 12.7. The average Bonchev–Trinajstić information content (AvgIpc) is 3.38. The number of fused-ring (bicyclic) bond motifs is 2. The summed E-state index contributed by atoms with van der Waals surface area (Å²) in [5.41, 5.74) is 1.65. The molecule has 28 heavy (non-hydrogen) atoms. The van der Waals surface area contributed by atoms with Crippen molar-refractivity contribution in [1.82, 2.24) is 4.98 Å². The number of rotatable bonds is 4. The van der Waals surface area contributed by atoms with Crippen LogP contribution in [0.15, 0.2) is 89.4 Å². The molecule has 0 radical (unpaired) electrons. The standard InChI is InChI=1S/C24H15NO2S/c26-21(19-9-5-7-16-6-1-2-8-18(16)19)14-12-17-13-15-22(27-17)24-25-20-10-3-4-11-23(20)28-24/h1-15H. The van der Waals surface area contributed by atoms with Gasteiger partial charge in [-0.3, -0.25) is 4.79 Å². The Kier molecular flexibility index (Phi) is 4.11. The number of nitrogens with zero attached hydrogens (tertiary/aromatic N) is 1. The first-order valence-corrected chi connectivity index (χ1v) is 9.75. The molecular weight excluding hydrogens is 366 g/mol. The summed E-state index contributed by atoms with van der Waals surface area (Å²) in [4.78, 5) is 17.3. The molecule has 0 aliphatic carbocycles. The van der Waals surface area contributed by atoms with E-state index in [1.54, 1.807) is 23.5 Å². The van der Waals surface area contributed by atoms with Crippen LogP contribution in [0, 0.1) is 0 Å². The van der Waals surface area contributed by atoms with Crippen LogP contribution in [-0.2, 0) is 0 Å². The summed E-state index contributed by atoms with van der Waals surface area (Å²) >= 11 is 1.59. The summed E-state index contributed by atoms with van der Waals surface area (Å²) in [5.74, 6) is 1.29. The van der Waals surface area contributed by atoms with Gasteiger partial charge in [0.2, 0.25) is 0 Å². The molecule has 0 saturated carbocycles. The highest BCUT2D eigenvalue weighted by Gasteiger charge is 2.10. The second-order valence-electron chi connectivity index (χ2n) is 6.41. The summed E-state index contributed by atoms with van der Waals surface area (Å²) in [6.45, 7) is 0. The largest absolute Gasteiger partial charge is 0.454 e. The van der Waals surface area contributed by atoms with Crippen LogP contribution in [0.25, 0.3) is 37.8 Å². The predicted molar refractivity (Wildman–Crippen MR) is 115 cm³/mol. The lowest BCUT2D eigenvalue weighted by molar-refractivity contribution is 0.104. The summed E-state index contributed by atoms with van der Waals surface area (Å²) < 4.78 is 7.00. The number of aromatic nitrogens is 1. The molecule has 5 aromatic rings. The molecule has 0 fully saturated rings. The first kappa shape index (κ1) is 16.7. The predicted octanol–water partition coefficient (Wildman–Crippen LogP) is 6.61. The number of hydrogen-bond acceptors (Lipinski definition) is 4. The molecule has 3 nitrogen and oxygen atoms in total. The van der Waals surface area contributed by atoms with Crippen molar-refractivity contribution in [1.29, 1.82) is 0 Å². The van der Waals surface area contributed by atoms with Gasteiger partial charge < -0.3 is 4.42 Å². The van der Waals surface area contributed by atoms with Gasteiger partial charge in [-0.25, -0.2) is 4.98 Å². The monoisotopic (exact) mass is 381 g/mol. The third-order valence-corrected chi connectivity index (χ3v) is 5.64. The maximum Gasteiger partial charge on any atom is 0.186 e. The summed E-state index contributed by atoms with van der Waals surface area (Å²) in [6, 6.07) is 25.4. The molecule has 4 heteroatoms. The molecule has 2 aromatic heterocycles. The van der Waals surface area contributed by atoms with Crippen molar-refractivity contribution in [3.05, 3.63) is 96.3 Å². The van der Waals surface area contributed by atoms with E-state index >= 15 is 0 Å². The van der Waals surface area contributed by atoms with Crippen molar-refractivity contribution in [2.24, 2.45) is 0 Å². The lowest BCUT2D eigenvalue weighted by Crippen LogP contribution is -1.95. The van der Waals surface area contributed by atoms with Crippen molar-refractivity contribution >= 4 is 44.2 Å². The van der Waals surface area contributed by atoms with Gasteiger partial charge >= 0.3 is 0 Å². The Hall–Kier alpha value is -3.50. The van der Waals surface area contributed by atoms with E-state index in [2.05, 4.69) is 4.98 Å². The third kappa shape index (κ3) is 3.04. The fourth-order valence-electron chi connectivity index (χ4n) is 3.22. The van der Waals surface area contributed by atoms with Crippen LogP contribution in [0.3, 0.4) is 0 Å². The molecular formula is C24H15NO2S. The zero-order valence-electron chi connectivity index (χ0n) is 14.8. The first-order valence-electron chi connectivity index (χ1n) is 8.94. The van der Waals surface area contributed by atoms with Crippen LogP contribution in [-0.4, -0.2) is 10.8 Å². The fourth-order valence-corrected chi connectivity index (χ4v) is 4.15. The Morgan fingerprint density at radius 2 is 1.71 bits per heavy atom. The van der Waals surface area contributed by atoms with Gasteiger partial charge in [0.1, 0.15) is 5.76 Å². The molecule has 2 heterocycles. The molecule has 0 saturated heterocycles. The molecule has 0 N–H and O–H groups in total. The molecule has 0 atom stereocenters. The number of benzene rings is 3. The Labute approximate surface area is 165 Å². The van der Waals surface area contributed by atoms with E-state index in [0.29, 0.717) is 17.1 Å². The van der Waals surface area contributed by atoms with Crippen LogP contribution in [0.2, 0.25) is 0 Å². The quantitative estimate of drug-likeness (QED) is 0.260. The number of furan rings is 1. The molecule has 0 spiro atoms. The van der Waals surface area contributed by atoms with Crippen molar-refractivity contribution in [2.75, 3.05) is 0 Å². The van der Waals surface area contributed by atoms with Crippen LogP contribution < -0.4 is 0 Å². The number of thiazole rings is 1. The number of carbonyl (C=O) groups excluding carboxylic acids is 1. The molecule has 134 valence electrons. The maximum atomic E-state index is 12.7. The molecule has 3 aromatic carbocycles. The van der Waals surface area contributed by atoms with Crippen molar-refractivity contribution in [2.45, 2.75) is 0 Å². The second-order valence-corrected chi connectivity index (χ2v) is 7.44. The van der Waals surface area contributed by atoms with Gasteiger partial charge in [0.05, 0.1) is 10.2 Å². The lowest BCUT2D eigenvalue weighted by atomic mass is 10.0. The van der Waals surface area contributed by atoms with E-state index < -0.39 is 0 Å². The minimum absolute atomic E-state index is 0.0465. The normalized spacial score (nSPS) is 11.6. The summed E-state index contributed by atoms with van der Waals surface area (Å²) in [5, 5.41) is 2.84. The van der Waals surface area contributed by atoms with Crippen molar-refractivity contribution in [3.8, 4) is 10.8 Å². The average molecular weight is 381 g/mol. The van der Waals surface area contributed by atoms with Crippen molar-refractivity contribution < 1.29 is 9.21 Å². The smallest absolute Gasteiger partial charge is 0.186 e. The Morgan fingerprint density at radius 1 is 0.893 bits per heavy atom. The number of carbonyl (C=O) groups is 1. The lowest BCUT2D eigenvalue weighted by Gasteiger charge is -2.02. The van der Waals surface area contributed by atoms with Gasteiger partial charge in [0, 0.05) is 5.56 Å². The molecule has 0 unspecified atom stereocenters. The van der Waals surface area contributed by atoms with Crippen LogP contribution in [0.4, 0.5) is 0 Å². The van der Waals surface area contributed by atoms with E-state index in [9.17, 15) is 4.79 Å². The van der Waals surface area contributed by atoms with Gasteiger partial charge in [-0.15, -0.1) is 11.3 Å². The van der Waals surface area contributed by atoms with Gasteiger partial charge in [-0.05, 0) is 47.2 Å². The molecule has 5 rings (SSSR count). The minimum atomic E-state index is -0.0465. The number of hydrogen-bond donors (Lipinski definition) is 0. The highest BCUT2D eigenvalue weighted by Crippen LogP contribution is 2.31. The van der Waals surface area contributed by atoms with Crippen LogP contribution in [0.1, 0.15) is 16.1 Å². The topological polar surface area (TPSA) is 43.1 Å². The van der Waals surface area contributed by atoms with Crippen LogP contribution in [0.5, 0.6) is 0 Å². The highest BCUT2D eigenvalue weighted by atomic mass is 32.1. The number of allylic oxidation sites excluding steroid dienone is 1. The Morgan fingerprint density at radius 3 is 2.64 bits per heavy atom. The Balaban J connectivity index is 1.42. The van der Waals surface area contributed by atoms with Gasteiger partial charge in [0.15, 0.2) is 16.6 Å². The summed E-state index contributed by atoms with van der Waals surface area (Å²) in [7, 11) is 0. The van der Waals surface area contributed by atoms with E-state index in [1.165, 1.54) is 0 Å². The summed E-state index contributed by atoms with van der Waals surface area (Å²) in [6.07, 6.45) is 3.27. The number of para-hydroxylation sites is 1. The first-order chi connectivity index (χ1) is 13.8. The fraction of sp³-hybridized carbons (Fsp3) is 0. The van der Waals surface area contributed by atoms with E-state index in [0.717, 1.165) is 26.0 Å². The van der Waals surface area contributed by atoms with Crippen LogP contribution >= 0.6 is 11.3 Å². The molecule has 0 aliphatic heterocycles. The Bertz CT molecular complexity index is 1300. The van der Waals surface area contributed by atoms with Gasteiger partial charge in [-0.1, -0.05) is 54.6 Å².